The Morgan fingerprint density at radius 1 is 1.15 bits per heavy atom. The minimum Gasteiger partial charge on any atom is -0.338 e. The number of benzene rings is 1. The molecule has 3 aromatic rings. The number of aryl methyl sites for hydroxylation is 1. The molecule has 0 spiro atoms. The Bertz CT molecular complexity index is 908. The van der Waals surface area contributed by atoms with Crippen molar-refractivity contribution in [1.82, 2.24) is 20.1 Å². The third-order valence-corrected chi connectivity index (χ3v) is 4.42. The summed E-state index contributed by atoms with van der Waals surface area (Å²) in [6.07, 6.45) is 2.42. The maximum Gasteiger partial charge on any atom is 0.319 e. The molecule has 2 N–H and O–H groups in total. The standard InChI is InChI=1S/C19H20ClN5O/c1-13-15(14(2)25(24-13)18-9-5-6-11-21-18)10-12-22-19(26)23-17-8-4-3-7-16(17)20/h3-9,11H,10,12H2,1-2H3,(H2,22,23,26). The minimum absolute atomic E-state index is 0.287. The first-order valence-corrected chi connectivity index (χ1v) is 8.70. The summed E-state index contributed by atoms with van der Waals surface area (Å²) in [5.74, 6) is 0.781. The Kier molecular flexibility index (Phi) is 5.53. The van der Waals surface area contributed by atoms with Crippen LogP contribution in [-0.2, 0) is 6.42 Å². The molecule has 26 heavy (non-hydrogen) atoms. The van der Waals surface area contributed by atoms with Crippen LogP contribution in [0, 0.1) is 13.8 Å². The summed E-state index contributed by atoms with van der Waals surface area (Å²) in [4.78, 5) is 16.4. The number of amides is 2. The predicted octanol–water partition coefficient (Wildman–Crippen LogP) is 3.90. The molecule has 0 atom stereocenters. The number of pyridine rings is 1. The number of nitrogens with zero attached hydrogens (tertiary/aromatic N) is 3. The van der Waals surface area contributed by atoms with Crippen molar-refractivity contribution in [3.63, 3.8) is 0 Å². The molecule has 6 nitrogen and oxygen atoms in total. The highest BCUT2D eigenvalue weighted by molar-refractivity contribution is 6.33. The summed E-state index contributed by atoms with van der Waals surface area (Å²) in [6.45, 7) is 4.46. The summed E-state index contributed by atoms with van der Waals surface area (Å²) in [5.41, 5.74) is 3.65. The number of hydrogen-bond donors (Lipinski definition) is 2. The van der Waals surface area contributed by atoms with Gasteiger partial charge in [0.2, 0.25) is 0 Å². The molecule has 1 aromatic carbocycles. The number of hydrogen-bond acceptors (Lipinski definition) is 3. The molecule has 0 bridgehead atoms. The molecule has 7 heteroatoms. The van der Waals surface area contributed by atoms with E-state index in [1.807, 2.05) is 48.9 Å². The lowest BCUT2D eigenvalue weighted by molar-refractivity contribution is 0.252. The summed E-state index contributed by atoms with van der Waals surface area (Å²) < 4.78 is 1.83. The highest BCUT2D eigenvalue weighted by atomic mass is 35.5. The topological polar surface area (TPSA) is 71.8 Å². The lowest BCUT2D eigenvalue weighted by Crippen LogP contribution is -2.30. The fourth-order valence-corrected chi connectivity index (χ4v) is 2.95. The quantitative estimate of drug-likeness (QED) is 0.716. The van der Waals surface area contributed by atoms with Crippen LogP contribution in [0.15, 0.2) is 48.7 Å². The van der Waals surface area contributed by atoms with Crippen molar-refractivity contribution in [2.24, 2.45) is 0 Å². The average molecular weight is 370 g/mol. The lowest BCUT2D eigenvalue weighted by atomic mass is 10.1. The van der Waals surface area contributed by atoms with E-state index in [9.17, 15) is 4.79 Å². The van der Waals surface area contributed by atoms with E-state index in [1.165, 1.54) is 0 Å². The molecule has 134 valence electrons. The summed E-state index contributed by atoms with van der Waals surface area (Å²) in [5, 5.41) is 10.7. The van der Waals surface area contributed by atoms with Crippen molar-refractivity contribution in [1.29, 1.82) is 0 Å². The van der Waals surface area contributed by atoms with E-state index in [0.29, 0.717) is 23.7 Å². The van der Waals surface area contributed by atoms with E-state index in [1.54, 1.807) is 18.3 Å². The van der Waals surface area contributed by atoms with Gasteiger partial charge in [-0.2, -0.15) is 5.10 Å². The average Bonchev–Trinajstić information content (AvgIpc) is 2.92. The van der Waals surface area contributed by atoms with E-state index in [0.717, 1.165) is 22.8 Å². The van der Waals surface area contributed by atoms with Crippen molar-refractivity contribution < 1.29 is 4.79 Å². The molecule has 2 heterocycles. The van der Waals surface area contributed by atoms with Crippen molar-refractivity contribution in [3.8, 4) is 5.82 Å². The third-order valence-electron chi connectivity index (χ3n) is 4.09. The molecule has 0 saturated carbocycles. The van der Waals surface area contributed by atoms with Gasteiger partial charge < -0.3 is 10.6 Å². The SMILES string of the molecule is Cc1nn(-c2ccccn2)c(C)c1CCNC(=O)Nc1ccccc1Cl. The molecule has 2 aromatic heterocycles. The van der Waals surface area contributed by atoms with Crippen LogP contribution < -0.4 is 10.6 Å². The first-order valence-electron chi connectivity index (χ1n) is 8.32. The zero-order valence-electron chi connectivity index (χ0n) is 14.7. The first-order chi connectivity index (χ1) is 12.6. The monoisotopic (exact) mass is 369 g/mol. The number of anilines is 1. The van der Waals surface area contributed by atoms with Gasteiger partial charge in [0.05, 0.1) is 16.4 Å². The number of rotatable bonds is 5. The zero-order valence-corrected chi connectivity index (χ0v) is 15.4. The van der Waals surface area contributed by atoms with E-state index in [4.69, 9.17) is 11.6 Å². The molecule has 0 aliphatic heterocycles. The Morgan fingerprint density at radius 2 is 1.92 bits per heavy atom. The number of nitrogens with one attached hydrogen (secondary N) is 2. The van der Waals surface area contributed by atoms with E-state index >= 15 is 0 Å². The summed E-state index contributed by atoms with van der Waals surface area (Å²) in [7, 11) is 0. The molecule has 0 aliphatic carbocycles. The van der Waals surface area contributed by atoms with Gasteiger partial charge in [-0.25, -0.2) is 14.5 Å². The van der Waals surface area contributed by atoms with Gasteiger partial charge in [0.1, 0.15) is 0 Å². The van der Waals surface area contributed by atoms with E-state index in [-0.39, 0.29) is 6.03 Å². The molecule has 0 unspecified atom stereocenters. The smallest absolute Gasteiger partial charge is 0.319 e. The highest BCUT2D eigenvalue weighted by Crippen LogP contribution is 2.20. The number of urea groups is 1. The van der Waals surface area contributed by atoms with Gasteiger partial charge in [-0.3, -0.25) is 0 Å². The van der Waals surface area contributed by atoms with Gasteiger partial charge in [0.25, 0.3) is 0 Å². The molecular formula is C19H20ClN5O. The van der Waals surface area contributed by atoms with E-state index in [2.05, 4.69) is 20.7 Å². The van der Waals surface area contributed by atoms with E-state index < -0.39 is 0 Å². The molecule has 2 amide bonds. The van der Waals surface area contributed by atoms with Gasteiger partial charge in [-0.05, 0) is 50.1 Å². The van der Waals surface area contributed by atoms with Crippen LogP contribution in [0.4, 0.5) is 10.5 Å². The second-order valence-electron chi connectivity index (χ2n) is 5.86. The molecular weight excluding hydrogens is 350 g/mol. The Hall–Kier alpha value is -2.86. The van der Waals surface area contributed by atoms with Crippen LogP contribution in [0.25, 0.3) is 5.82 Å². The Labute approximate surface area is 157 Å². The second kappa shape index (κ2) is 8.01. The first kappa shape index (κ1) is 17.9. The summed E-state index contributed by atoms with van der Waals surface area (Å²) in [6, 6.07) is 12.6. The fraction of sp³-hybridized carbons (Fsp3) is 0.211. The maximum absolute atomic E-state index is 12.0. The predicted molar refractivity (Wildman–Crippen MR) is 103 cm³/mol. The molecule has 0 fully saturated rings. The number of para-hydroxylation sites is 1. The van der Waals surface area contributed by atoms with Crippen LogP contribution in [-0.4, -0.2) is 27.3 Å². The molecule has 0 saturated heterocycles. The lowest BCUT2D eigenvalue weighted by Gasteiger charge is -2.09. The minimum atomic E-state index is -0.287. The van der Waals surface area contributed by atoms with Crippen molar-refractivity contribution in [2.45, 2.75) is 20.3 Å². The van der Waals surface area contributed by atoms with Gasteiger partial charge in [0.15, 0.2) is 5.82 Å². The zero-order chi connectivity index (χ0) is 18.5. The highest BCUT2D eigenvalue weighted by Gasteiger charge is 2.13. The third kappa shape index (κ3) is 4.03. The van der Waals surface area contributed by atoms with Gasteiger partial charge in [0, 0.05) is 18.4 Å². The molecule has 3 rings (SSSR count). The maximum atomic E-state index is 12.0. The van der Waals surface area contributed by atoms with Crippen molar-refractivity contribution in [3.05, 3.63) is 70.6 Å². The number of halogens is 1. The number of carbonyl (C=O) groups is 1. The van der Waals surface area contributed by atoms with Crippen LogP contribution in [0.2, 0.25) is 5.02 Å². The van der Waals surface area contributed by atoms with Crippen molar-refractivity contribution >= 4 is 23.3 Å². The normalized spacial score (nSPS) is 10.6. The fourth-order valence-electron chi connectivity index (χ4n) is 2.77. The molecule has 0 radical (unpaired) electrons. The summed E-state index contributed by atoms with van der Waals surface area (Å²) >= 11 is 6.04. The number of carbonyl (C=O) groups excluding carboxylic acids is 1. The van der Waals surface area contributed by atoms with Gasteiger partial charge >= 0.3 is 6.03 Å². The number of aromatic nitrogens is 3. The van der Waals surface area contributed by atoms with Crippen LogP contribution in [0.5, 0.6) is 0 Å². The van der Waals surface area contributed by atoms with Gasteiger partial charge in [-0.15, -0.1) is 0 Å². The molecule has 0 aliphatic rings. The van der Waals surface area contributed by atoms with Crippen LogP contribution in [0.3, 0.4) is 0 Å². The van der Waals surface area contributed by atoms with Gasteiger partial charge in [-0.1, -0.05) is 29.8 Å². The largest absolute Gasteiger partial charge is 0.338 e. The Morgan fingerprint density at radius 3 is 2.65 bits per heavy atom. The van der Waals surface area contributed by atoms with Crippen molar-refractivity contribution in [2.75, 3.05) is 11.9 Å². The second-order valence-corrected chi connectivity index (χ2v) is 6.27. The van der Waals surface area contributed by atoms with Crippen LogP contribution in [0.1, 0.15) is 17.0 Å². The Balaban J connectivity index is 1.61. The van der Waals surface area contributed by atoms with Crippen LogP contribution >= 0.6 is 11.6 Å².